The Morgan fingerprint density at radius 3 is 2.59 bits per heavy atom. The van der Waals surface area contributed by atoms with Crippen molar-refractivity contribution in [1.82, 2.24) is 0 Å². The van der Waals surface area contributed by atoms with Crippen LogP contribution in [0.3, 0.4) is 0 Å². The van der Waals surface area contributed by atoms with Crippen LogP contribution in [-0.2, 0) is 9.84 Å². The summed E-state index contributed by atoms with van der Waals surface area (Å²) in [5.74, 6) is 0.395. The molecule has 0 bridgehead atoms. The molecule has 0 N–H and O–H groups in total. The van der Waals surface area contributed by atoms with Crippen LogP contribution >= 0.6 is 31.9 Å². The van der Waals surface area contributed by atoms with E-state index in [0.717, 1.165) is 22.6 Å². The smallest absolute Gasteiger partial charge is 0.178 e. The van der Waals surface area contributed by atoms with Gasteiger partial charge in [-0.05, 0) is 30.5 Å². The van der Waals surface area contributed by atoms with E-state index in [0.29, 0.717) is 4.90 Å². The molecule has 0 amide bonds. The summed E-state index contributed by atoms with van der Waals surface area (Å²) in [6, 6.07) is 6.89. The number of hydrogen-bond acceptors (Lipinski definition) is 2. The van der Waals surface area contributed by atoms with Crippen LogP contribution in [0, 0.1) is 5.92 Å². The molecule has 0 aromatic heterocycles. The number of rotatable bonds is 6. The fourth-order valence-corrected chi connectivity index (χ4v) is 4.78. The molecule has 5 heteroatoms. The van der Waals surface area contributed by atoms with Crippen LogP contribution in [0.2, 0.25) is 0 Å². The van der Waals surface area contributed by atoms with Gasteiger partial charge in [0, 0.05) is 9.80 Å². The lowest BCUT2D eigenvalue weighted by atomic mass is 10.1. The van der Waals surface area contributed by atoms with E-state index in [2.05, 4.69) is 38.8 Å². The zero-order valence-electron chi connectivity index (χ0n) is 9.70. The summed E-state index contributed by atoms with van der Waals surface area (Å²) < 4.78 is 25.2. The second-order valence-corrected chi connectivity index (χ2v) is 7.65. The predicted octanol–water partition coefficient (Wildman–Crippen LogP) is 4.03. The normalized spacial score (nSPS) is 13.6. The van der Waals surface area contributed by atoms with Crippen molar-refractivity contribution in [2.45, 2.75) is 24.7 Å². The van der Waals surface area contributed by atoms with Gasteiger partial charge in [0.2, 0.25) is 0 Å². The Labute approximate surface area is 120 Å². The molecule has 1 unspecified atom stereocenters. The van der Waals surface area contributed by atoms with Crippen LogP contribution in [0.15, 0.2) is 33.6 Å². The van der Waals surface area contributed by atoms with Gasteiger partial charge in [-0.25, -0.2) is 8.42 Å². The van der Waals surface area contributed by atoms with E-state index >= 15 is 0 Å². The van der Waals surface area contributed by atoms with Crippen LogP contribution in [0.4, 0.5) is 0 Å². The first kappa shape index (κ1) is 15.2. The van der Waals surface area contributed by atoms with Crippen LogP contribution in [0.25, 0.3) is 0 Å². The average Bonchev–Trinajstić information content (AvgIpc) is 2.28. The van der Waals surface area contributed by atoms with Gasteiger partial charge in [-0.15, -0.1) is 0 Å². The largest absolute Gasteiger partial charge is 0.224 e. The van der Waals surface area contributed by atoms with E-state index < -0.39 is 9.84 Å². The molecule has 0 fully saturated rings. The molecule has 0 aliphatic heterocycles. The summed E-state index contributed by atoms with van der Waals surface area (Å²) >= 11 is 6.68. The Hall–Kier alpha value is 0.130. The SMILES string of the molecule is CCCC(CBr)CS(=O)(=O)c1cccc(Br)c1. The zero-order valence-corrected chi connectivity index (χ0v) is 13.7. The summed E-state index contributed by atoms with van der Waals surface area (Å²) in [7, 11) is -3.18. The van der Waals surface area contributed by atoms with Gasteiger partial charge < -0.3 is 0 Å². The van der Waals surface area contributed by atoms with Gasteiger partial charge in [-0.2, -0.15) is 0 Å². The van der Waals surface area contributed by atoms with Crippen molar-refractivity contribution in [2.24, 2.45) is 5.92 Å². The highest BCUT2D eigenvalue weighted by molar-refractivity contribution is 9.10. The fraction of sp³-hybridized carbons (Fsp3) is 0.500. The van der Waals surface area contributed by atoms with Crippen molar-refractivity contribution in [2.75, 3.05) is 11.1 Å². The summed E-state index contributed by atoms with van der Waals surface area (Å²) in [6.07, 6.45) is 1.93. The molecule has 1 atom stereocenters. The third-order valence-corrected chi connectivity index (χ3v) is 5.82. The molecule has 0 radical (unpaired) electrons. The molecule has 2 nitrogen and oxygen atoms in total. The van der Waals surface area contributed by atoms with E-state index in [4.69, 9.17) is 0 Å². The van der Waals surface area contributed by atoms with Gasteiger partial charge in [0.25, 0.3) is 0 Å². The number of sulfone groups is 1. The van der Waals surface area contributed by atoms with Crippen molar-refractivity contribution >= 4 is 41.7 Å². The van der Waals surface area contributed by atoms with Gasteiger partial charge in [0.1, 0.15) is 0 Å². The van der Waals surface area contributed by atoms with E-state index in [-0.39, 0.29) is 11.7 Å². The lowest BCUT2D eigenvalue weighted by Gasteiger charge is -2.13. The molecular weight excluding hydrogens is 368 g/mol. The molecule has 1 rings (SSSR count). The number of halogens is 2. The van der Waals surface area contributed by atoms with Crippen molar-refractivity contribution in [3.05, 3.63) is 28.7 Å². The molecule has 17 heavy (non-hydrogen) atoms. The Balaban J connectivity index is 2.88. The van der Waals surface area contributed by atoms with E-state index in [9.17, 15) is 8.42 Å². The van der Waals surface area contributed by atoms with Gasteiger partial charge in [0.05, 0.1) is 10.6 Å². The Kier molecular flexibility index (Phi) is 6.17. The summed E-state index contributed by atoms with van der Waals surface area (Å²) in [5, 5.41) is 0.730. The highest BCUT2D eigenvalue weighted by Gasteiger charge is 2.20. The maximum atomic E-state index is 12.2. The summed E-state index contributed by atoms with van der Waals surface area (Å²) in [5.41, 5.74) is 0. The van der Waals surface area contributed by atoms with Crippen molar-refractivity contribution in [3.8, 4) is 0 Å². The molecule has 0 aliphatic carbocycles. The molecule has 0 heterocycles. The van der Waals surface area contributed by atoms with E-state index in [1.807, 2.05) is 6.07 Å². The zero-order chi connectivity index (χ0) is 12.9. The van der Waals surface area contributed by atoms with Crippen LogP contribution in [-0.4, -0.2) is 19.5 Å². The monoisotopic (exact) mass is 382 g/mol. The molecule has 0 saturated carbocycles. The molecule has 1 aromatic rings. The minimum absolute atomic E-state index is 0.184. The van der Waals surface area contributed by atoms with Crippen molar-refractivity contribution in [1.29, 1.82) is 0 Å². The van der Waals surface area contributed by atoms with E-state index in [1.54, 1.807) is 18.2 Å². The Bertz CT molecular complexity index is 457. The first-order chi connectivity index (χ1) is 7.99. The van der Waals surface area contributed by atoms with Crippen molar-refractivity contribution in [3.63, 3.8) is 0 Å². The lowest BCUT2D eigenvalue weighted by molar-refractivity contribution is 0.552. The van der Waals surface area contributed by atoms with Crippen molar-refractivity contribution < 1.29 is 8.42 Å². The Morgan fingerprint density at radius 1 is 1.35 bits per heavy atom. The second kappa shape index (κ2) is 6.90. The van der Waals surface area contributed by atoms with Gasteiger partial charge in [0.15, 0.2) is 9.84 Å². The van der Waals surface area contributed by atoms with Crippen LogP contribution in [0.1, 0.15) is 19.8 Å². The standard InChI is InChI=1S/C12H16Br2O2S/c1-2-4-10(8-13)9-17(15,16)12-6-3-5-11(14)7-12/h3,5-7,10H,2,4,8-9H2,1H3. The van der Waals surface area contributed by atoms with Gasteiger partial charge in [-0.1, -0.05) is 51.3 Å². The minimum Gasteiger partial charge on any atom is -0.224 e. The van der Waals surface area contributed by atoms with Gasteiger partial charge >= 0.3 is 0 Å². The summed E-state index contributed by atoms with van der Waals surface area (Å²) in [6.45, 7) is 2.07. The average molecular weight is 384 g/mol. The second-order valence-electron chi connectivity index (χ2n) is 4.05. The molecule has 96 valence electrons. The number of alkyl halides is 1. The first-order valence-electron chi connectivity index (χ1n) is 5.54. The van der Waals surface area contributed by atoms with Gasteiger partial charge in [-0.3, -0.25) is 0 Å². The fourth-order valence-electron chi connectivity index (χ4n) is 1.68. The molecule has 0 saturated heterocycles. The highest BCUT2D eigenvalue weighted by atomic mass is 79.9. The molecule has 0 spiro atoms. The first-order valence-corrected chi connectivity index (χ1v) is 9.10. The minimum atomic E-state index is -3.18. The topological polar surface area (TPSA) is 34.1 Å². The third-order valence-electron chi connectivity index (χ3n) is 2.53. The molecule has 0 aliphatic rings. The van der Waals surface area contributed by atoms with E-state index in [1.165, 1.54) is 0 Å². The maximum Gasteiger partial charge on any atom is 0.178 e. The Morgan fingerprint density at radius 2 is 2.06 bits per heavy atom. The predicted molar refractivity (Wildman–Crippen MR) is 78.4 cm³/mol. The third kappa shape index (κ3) is 4.72. The number of hydrogen-bond donors (Lipinski definition) is 0. The lowest BCUT2D eigenvalue weighted by Crippen LogP contribution is -2.17. The molecule has 1 aromatic carbocycles. The highest BCUT2D eigenvalue weighted by Crippen LogP contribution is 2.21. The van der Waals surface area contributed by atoms with Crippen LogP contribution < -0.4 is 0 Å². The van der Waals surface area contributed by atoms with Crippen LogP contribution in [0.5, 0.6) is 0 Å². The molecular formula is C12H16Br2O2S. The quantitative estimate of drug-likeness (QED) is 0.694. The maximum absolute atomic E-state index is 12.2. The summed E-state index contributed by atoms with van der Waals surface area (Å²) in [4.78, 5) is 0.397. The number of benzene rings is 1.